The smallest absolute Gasteiger partial charge is 0.146 e. The molecule has 5 aliphatic carbocycles. The number of aliphatic hydroxyl groups is 2. The van der Waals surface area contributed by atoms with Crippen LogP contribution in [-0.4, -0.2) is 34.5 Å². The van der Waals surface area contributed by atoms with Gasteiger partial charge in [-0.15, -0.1) is 0 Å². The fourth-order valence-electron chi connectivity index (χ4n) is 7.09. The maximum atomic E-state index is 12.5. The number of aldehydes is 1. The number of hydrogen-bond donors (Lipinski definition) is 2. The third-order valence-electron chi connectivity index (χ3n) is 8.36. The Hall–Kier alpha value is -1.00. The predicted octanol–water partition coefficient (Wildman–Crippen LogP) is 2.28. The van der Waals surface area contributed by atoms with Gasteiger partial charge < -0.3 is 10.2 Å². The van der Waals surface area contributed by atoms with Crippen LogP contribution in [0.2, 0.25) is 0 Å². The molecule has 5 rings (SSSR count). The highest BCUT2D eigenvalue weighted by Crippen LogP contribution is 2.69. The topological polar surface area (TPSA) is 74.6 Å². The average Bonchev–Trinajstić information content (AvgIpc) is 2.55. The van der Waals surface area contributed by atoms with Gasteiger partial charge in [-0.2, -0.15) is 0 Å². The van der Waals surface area contributed by atoms with Gasteiger partial charge in [-0.3, -0.25) is 9.59 Å². The molecule has 0 aliphatic heterocycles. The number of hydrogen-bond acceptors (Lipinski definition) is 4. The quantitative estimate of drug-likeness (QED) is 0.723. The van der Waals surface area contributed by atoms with E-state index in [-0.39, 0.29) is 22.7 Å². The van der Waals surface area contributed by atoms with Crippen molar-refractivity contribution in [2.45, 2.75) is 65.1 Å². The van der Waals surface area contributed by atoms with E-state index in [0.29, 0.717) is 23.7 Å². The van der Waals surface area contributed by atoms with Crippen molar-refractivity contribution in [2.75, 3.05) is 0 Å². The van der Waals surface area contributed by atoms with E-state index in [1.54, 1.807) is 0 Å². The number of aliphatic hydroxyl groups excluding tert-OH is 2. The Morgan fingerprint density at radius 2 is 1.88 bits per heavy atom. The van der Waals surface area contributed by atoms with Crippen LogP contribution in [-0.2, 0) is 9.59 Å². The highest BCUT2D eigenvalue weighted by Gasteiger charge is 2.67. The van der Waals surface area contributed by atoms with Crippen LogP contribution in [0.15, 0.2) is 11.6 Å². The largest absolute Gasteiger partial charge is 0.390 e. The van der Waals surface area contributed by atoms with Crippen molar-refractivity contribution in [1.82, 2.24) is 0 Å². The Kier molecular flexibility index (Phi) is 3.29. The molecule has 132 valence electrons. The van der Waals surface area contributed by atoms with E-state index in [1.807, 2.05) is 6.08 Å². The van der Waals surface area contributed by atoms with Crippen molar-refractivity contribution in [3.05, 3.63) is 11.6 Å². The van der Waals surface area contributed by atoms with Gasteiger partial charge in [0.15, 0.2) is 0 Å². The lowest BCUT2D eigenvalue weighted by atomic mass is 9.37. The molecule has 7 atom stereocenters. The van der Waals surface area contributed by atoms with Crippen molar-refractivity contribution in [3.63, 3.8) is 0 Å². The molecule has 0 aromatic heterocycles. The van der Waals surface area contributed by atoms with Crippen molar-refractivity contribution in [3.8, 4) is 0 Å². The summed E-state index contributed by atoms with van der Waals surface area (Å²) in [6.45, 7) is 6.44. The molecule has 1 spiro atoms. The summed E-state index contributed by atoms with van der Waals surface area (Å²) in [4.78, 5) is 24.0. The second-order valence-corrected chi connectivity index (χ2v) is 9.45. The number of carbonyl (C=O) groups excluding carboxylic acids is 2. The van der Waals surface area contributed by atoms with Gasteiger partial charge in [0, 0.05) is 23.2 Å². The van der Waals surface area contributed by atoms with Crippen LogP contribution in [0.4, 0.5) is 0 Å². The monoisotopic (exact) mass is 332 g/mol. The molecule has 0 aromatic rings. The van der Waals surface area contributed by atoms with E-state index in [2.05, 4.69) is 20.8 Å². The molecule has 2 bridgehead atoms. The zero-order valence-electron chi connectivity index (χ0n) is 14.8. The van der Waals surface area contributed by atoms with Crippen molar-refractivity contribution in [2.24, 2.45) is 34.0 Å². The Morgan fingerprint density at radius 1 is 1.17 bits per heavy atom. The summed E-state index contributed by atoms with van der Waals surface area (Å²) in [5, 5.41) is 21.4. The third kappa shape index (κ3) is 1.71. The first-order valence-corrected chi connectivity index (χ1v) is 9.26. The second-order valence-electron chi connectivity index (χ2n) is 9.45. The summed E-state index contributed by atoms with van der Waals surface area (Å²) in [6.07, 6.45) is 5.02. The van der Waals surface area contributed by atoms with Crippen LogP contribution < -0.4 is 0 Å². The molecule has 4 nitrogen and oxygen atoms in total. The van der Waals surface area contributed by atoms with Crippen LogP contribution in [0, 0.1) is 34.0 Å². The van der Waals surface area contributed by atoms with Gasteiger partial charge in [-0.1, -0.05) is 26.8 Å². The first-order valence-electron chi connectivity index (χ1n) is 9.26. The summed E-state index contributed by atoms with van der Waals surface area (Å²) in [5.74, 6) is 0.620. The first kappa shape index (κ1) is 16.5. The van der Waals surface area contributed by atoms with E-state index >= 15 is 0 Å². The van der Waals surface area contributed by atoms with E-state index < -0.39 is 17.6 Å². The Morgan fingerprint density at radius 3 is 2.54 bits per heavy atom. The minimum atomic E-state index is -0.843. The van der Waals surface area contributed by atoms with Gasteiger partial charge >= 0.3 is 0 Å². The molecule has 24 heavy (non-hydrogen) atoms. The second kappa shape index (κ2) is 4.79. The summed E-state index contributed by atoms with van der Waals surface area (Å²) in [6, 6.07) is 0. The molecular weight excluding hydrogens is 304 g/mol. The molecule has 0 aromatic carbocycles. The lowest BCUT2D eigenvalue weighted by molar-refractivity contribution is -0.213. The van der Waals surface area contributed by atoms with Crippen LogP contribution >= 0.6 is 0 Å². The maximum absolute atomic E-state index is 12.5. The van der Waals surface area contributed by atoms with Crippen LogP contribution in [0.5, 0.6) is 0 Å². The van der Waals surface area contributed by atoms with Gasteiger partial charge in [0.1, 0.15) is 12.1 Å². The highest BCUT2D eigenvalue weighted by atomic mass is 16.3. The van der Waals surface area contributed by atoms with E-state index in [1.165, 1.54) is 0 Å². The Labute approximate surface area is 143 Å². The van der Waals surface area contributed by atoms with Crippen LogP contribution in [0.1, 0.15) is 52.9 Å². The predicted molar refractivity (Wildman–Crippen MR) is 89.0 cm³/mol. The summed E-state index contributed by atoms with van der Waals surface area (Å²) >= 11 is 0. The molecule has 0 amide bonds. The number of rotatable bonds is 1. The highest BCUT2D eigenvalue weighted by molar-refractivity contribution is 5.85. The van der Waals surface area contributed by atoms with Gasteiger partial charge in [-0.25, -0.2) is 0 Å². The Bertz CT molecular complexity index is 636. The normalized spacial score (nSPS) is 52.3. The Balaban J connectivity index is 1.83. The van der Waals surface area contributed by atoms with E-state index in [0.717, 1.165) is 32.0 Å². The molecule has 0 radical (unpaired) electrons. The third-order valence-corrected chi connectivity index (χ3v) is 8.36. The van der Waals surface area contributed by atoms with Gasteiger partial charge in [0.25, 0.3) is 0 Å². The molecule has 3 fully saturated rings. The molecule has 5 aliphatic rings. The lowest BCUT2D eigenvalue weighted by Crippen LogP contribution is -2.67. The van der Waals surface area contributed by atoms with Gasteiger partial charge in [0.05, 0.1) is 12.2 Å². The number of fused-ring (bicyclic) bond motifs is 2. The zero-order valence-corrected chi connectivity index (χ0v) is 14.8. The molecule has 4 heteroatoms. The number of ketones is 1. The van der Waals surface area contributed by atoms with E-state index in [4.69, 9.17) is 0 Å². The minimum absolute atomic E-state index is 0.0278. The zero-order chi connectivity index (χ0) is 17.5. The number of carbonyl (C=O) groups is 2. The summed E-state index contributed by atoms with van der Waals surface area (Å²) in [5.41, 5.74) is -0.199. The van der Waals surface area contributed by atoms with Gasteiger partial charge in [-0.05, 0) is 48.5 Å². The molecule has 0 unspecified atom stereocenters. The maximum Gasteiger partial charge on any atom is 0.146 e. The average molecular weight is 332 g/mol. The number of Topliss-reactive ketones (excluding diaryl/α,β-unsaturated/α-hetero) is 1. The molecule has 3 saturated carbocycles. The molecule has 0 saturated heterocycles. The summed E-state index contributed by atoms with van der Waals surface area (Å²) < 4.78 is 0. The van der Waals surface area contributed by atoms with Gasteiger partial charge in [0.2, 0.25) is 0 Å². The SMILES string of the molecule is CC1(C)C(=O)CC[C@]2(C)[C@@H]1CC[C@]13C=C(C=O)[C@H](C[C@@H]21)[C@H](O)[C@H]3O. The van der Waals surface area contributed by atoms with Crippen molar-refractivity contribution < 1.29 is 19.8 Å². The van der Waals surface area contributed by atoms with E-state index in [9.17, 15) is 19.8 Å². The standard InChI is InChI=1S/C20H28O4/c1-18(2)13-4-7-20-9-11(10-21)12(16(23)17(20)24)8-14(20)19(13,3)6-5-15(18)22/h9-10,12-14,16-17,23-24H,4-8H2,1-3H3/t12-,13+,14-,16-,17+,19+,20-/m0/s1. The van der Waals surface area contributed by atoms with Crippen LogP contribution in [0.3, 0.4) is 0 Å². The molecule has 2 N–H and O–H groups in total. The fourth-order valence-corrected chi connectivity index (χ4v) is 7.09. The minimum Gasteiger partial charge on any atom is -0.390 e. The summed E-state index contributed by atoms with van der Waals surface area (Å²) in [7, 11) is 0. The van der Waals surface area contributed by atoms with Crippen molar-refractivity contribution in [1.29, 1.82) is 0 Å². The fraction of sp³-hybridized carbons (Fsp3) is 0.800. The van der Waals surface area contributed by atoms with Crippen LogP contribution in [0.25, 0.3) is 0 Å². The first-order chi connectivity index (χ1) is 11.2. The van der Waals surface area contributed by atoms with Crippen molar-refractivity contribution >= 4 is 12.1 Å². The molecular formula is C20H28O4. The lowest BCUT2D eigenvalue weighted by Gasteiger charge is -2.67. The molecule has 0 heterocycles.